The summed E-state index contributed by atoms with van der Waals surface area (Å²) < 4.78 is 0. The van der Waals surface area contributed by atoms with Gasteiger partial charge < -0.3 is 10.4 Å². The Morgan fingerprint density at radius 2 is 2.33 bits per heavy atom. The number of hydrogen-bond acceptors (Lipinski definition) is 2. The Labute approximate surface area is 56.3 Å². The number of piperidine rings is 1. The first-order chi connectivity index (χ1) is 4.33. The molecule has 0 spiro atoms. The lowest BCUT2D eigenvalue weighted by atomic mass is 9.93. The van der Waals surface area contributed by atoms with E-state index in [2.05, 4.69) is 12.2 Å². The van der Waals surface area contributed by atoms with Crippen molar-refractivity contribution in [3.05, 3.63) is 0 Å². The van der Waals surface area contributed by atoms with Crippen LogP contribution in [0.15, 0.2) is 0 Å². The van der Waals surface area contributed by atoms with E-state index < -0.39 is 0 Å². The molecule has 1 heterocycles. The second kappa shape index (κ2) is 3.18. The molecule has 54 valence electrons. The molecule has 2 atom stereocenters. The fourth-order valence-electron chi connectivity index (χ4n) is 1.41. The molecule has 0 radical (unpaired) electrons. The molecule has 2 N–H and O–H groups in total. The van der Waals surface area contributed by atoms with Crippen LogP contribution in [0.3, 0.4) is 0 Å². The van der Waals surface area contributed by atoms with Crippen molar-refractivity contribution in [2.75, 3.05) is 19.7 Å². The summed E-state index contributed by atoms with van der Waals surface area (Å²) >= 11 is 0. The summed E-state index contributed by atoms with van der Waals surface area (Å²) in [4.78, 5) is 0. The minimum absolute atomic E-state index is 0.345. The molecule has 1 aliphatic rings. The Kier molecular flexibility index (Phi) is 2.49. The SMILES string of the molecule is CC1CNCC(CO)C1. The van der Waals surface area contributed by atoms with E-state index in [0.29, 0.717) is 12.5 Å². The van der Waals surface area contributed by atoms with Crippen LogP contribution in [-0.2, 0) is 0 Å². The first-order valence-corrected chi connectivity index (χ1v) is 3.64. The zero-order valence-electron chi connectivity index (χ0n) is 5.93. The lowest BCUT2D eigenvalue weighted by molar-refractivity contribution is 0.177. The van der Waals surface area contributed by atoms with Crippen molar-refractivity contribution in [2.45, 2.75) is 13.3 Å². The molecule has 2 heteroatoms. The molecule has 0 aromatic carbocycles. The van der Waals surface area contributed by atoms with Gasteiger partial charge in [-0.3, -0.25) is 0 Å². The van der Waals surface area contributed by atoms with Crippen molar-refractivity contribution in [3.63, 3.8) is 0 Å². The number of nitrogens with one attached hydrogen (secondary N) is 1. The summed E-state index contributed by atoms with van der Waals surface area (Å²) in [5.41, 5.74) is 0. The van der Waals surface area contributed by atoms with Crippen LogP contribution in [0.4, 0.5) is 0 Å². The molecule has 1 saturated heterocycles. The van der Waals surface area contributed by atoms with Crippen LogP contribution in [0.1, 0.15) is 13.3 Å². The number of rotatable bonds is 1. The average molecular weight is 129 g/mol. The van der Waals surface area contributed by atoms with Gasteiger partial charge in [-0.1, -0.05) is 6.92 Å². The molecule has 0 aliphatic carbocycles. The molecule has 0 saturated carbocycles. The van der Waals surface area contributed by atoms with Gasteiger partial charge in [0.05, 0.1) is 0 Å². The van der Waals surface area contributed by atoms with Gasteiger partial charge in [0, 0.05) is 13.2 Å². The van der Waals surface area contributed by atoms with Crippen molar-refractivity contribution in [1.82, 2.24) is 5.32 Å². The van der Waals surface area contributed by atoms with E-state index in [9.17, 15) is 0 Å². The maximum Gasteiger partial charge on any atom is 0.0471 e. The fourth-order valence-corrected chi connectivity index (χ4v) is 1.41. The second-order valence-electron chi connectivity index (χ2n) is 3.05. The molecule has 1 aliphatic heterocycles. The summed E-state index contributed by atoms with van der Waals surface area (Å²) in [6, 6.07) is 0. The largest absolute Gasteiger partial charge is 0.396 e. The molecular weight excluding hydrogens is 114 g/mol. The van der Waals surface area contributed by atoms with Crippen LogP contribution in [0.5, 0.6) is 0 Å². The van der Waals surface area contributed by atoms with Crippen LogP contribution < -0.4 is 5.32 Å². The predicted octanol–water partition coefficient (Wildman–Crippen LogP) is 0.224. The predicted molar refractivity (Wildman–Crippen MR) is 37.2 cm³/mol. The molecular formula is C7H15NO. The molecule has 0 aromatic rings. The molecule has 9 heavy (non-hydrogen) atoms. The lowest BCUT2D eigenvalue weighted by Gasteiger charge is -2.25. The van der Waals surface area contributed by atoms with Crippen molar-refractivity contribution in [1.29, 1.82) is 0 Å². The van der Waals surface area contributed by atoms with Gasteiger partial charge >= 0.3 is 0 Å². The van der Waals surface area contributed by atoms with Crippen LogP contribution in [0, 0.1) is 11.8 Å². The molecule has 0 bridgehead atoms. The van der Waals surface area contributed by atoms with Crippen molar-refractivity contribution >= 4 is 0 Å². The van der Waals surface area contributed by atoms with E-state index in [0.717, 1.165) is 19.0 Å². The van der Waals surface area contributed by atoms with E-state index in [1.165, 1.54) is 6.42 Å². The maximum atomic E-state index is 8.77. The zero-order chi connectivity index (χ0) is 6.69. The van der Waals surface area contributed by atoms with Crippen LogP contribution >= 0.6 is 0 Å². The third kappa shape index (κ3) is 1.95. The van der Waals surface area contributed by atoms with E-state index >= 15 is 0 Å². The molecule has 0 aromatic heterocycles. The summed E-state index contributed by atoms with van der Waals surface area (Å²) in [6.07, 6.45) is 1.18. The Morgan fingerprint density at radius 1 is 1.56 bits per heavy atom. The summed E-state index contributed by atoms with van der Waals surface area (Å²) in [6.45, 7) is 4.68. The average Bonchev–Trinajstić information content (AvgIpc) is 1.88. The Bertz CT molecular complexity index is 85.0. The fraction of sp³-hybridized carbons (Fsp3) is 1.00. The first kappa shape index (κ1) is 7.03. The number of aliphatic hydroxyl groups is 1. The van der Waals surface area contributed by atoms with Crippen LogP contribution in [0.2, 0.25) is 0 Å². The summed E-state index contributed by atoms with van der Waals surface area (Å²) in [5.74, 6) is 1.25. The van der Waals surface area contributed by atoms with Gasteiger partial charge in [0.15, 0.2) is 0 Å². The van der Waals surface area contributed by atoms with E-state index in [4.69, 9.17) is 5.11 Å². The van der Waals surface area contributed by atoms with Crippen LogP contribution in [-0.4, -0.2) is 24.8 Å². The minimum atomic E-state index is 0.345. The third-order valence-corrected chi connectivity index (χ3v) is 1.92. The van der Waals surface area contributed by atoms with Gasteiger partial charge in [-0.25, -0.2) is 0 Å². The first-order valence-electron chi connectivity index (χ1n) is 3.64. The maximum absolute atomic E-state index is 8.77. The molecule has 1 rings (SSSR count). The van der Waals surface area contributed by atoms with Gasteiger partial charge in [0.25, 0.3) is 0 Å². The summed E-state index contributed by atoms with van der Waals surface area (Å²) in [7, 11) is 0. The van der Waals surface area contributed by atoms with E-state index in [-0.39, 0.29) is 0 Å². The molecule has 0 amide bonds. The van der Waals surface area contributed by atoms with Gasteiger partial charge in [0.2, 0.25) is 0 Å². The quantitative estimate of drug-likeness (QED) is 0.531. The zero-order valence-corrected chi connectivity index (χ0v) is 5.93. The van der Waals surface area contributed by atoms with Crippen LogP contribution in [0.25, 0.3) is 0 Å². The van der Waals surface area contributed by atoms with Gasteiger partial charge in [-0.2, -0.15) is 0 Å². The highest BCUT2D eigenvalue weighted by atomic mass is 16.3. The second-order valence-corrected chi connectivity index (χ2v) is 3.05. The third-order valence-electron chi connectivity index (χ3n) is 1.92. The smallest absolute Gasteiger partial charge is 0.0471 e. The van der Waals surface area contributed by atoms with Crippen molar-refractivity contribution < 1.29 is 5.11 Å². The number of hydrogen-bond donors (Lipinski definition) is 2. The van der Waals surface area contributed by atoms with E-state index in [1.54, 1.807) is 0 Å². The highest BCUT2D eigenvalue weighted by Gasteiger charge is 2.16. The highest BCUT2D eigenvalue weighted by molar-refractivity contribution is 4.72. The van der Waals surface area contributed by atoms with E-state index in [1.807, 2.05) is 0 Å². The Morgan fingerprint density at radius 3 is 2.78 bits per heavy atom. The summed E-state index contributed by atoms with van der Waals surface area (Å²) in [5, 5.41) is 12.0. The van der Waals surface area contributed by atoms with Gasteiger partial charge in [-0.15, -0.1) is 0 Å². The highest BCUT2D eigenvalue weighted by Crippen LogP contribution is 2.14. The normalized spacial score (nSPS) is 36.7. The van der Waals surface area contributed by atoms with Gasteiger partial charge in [0.1, 0.15) is 0 Å². The molecule has 1 fully saturated rings. The molecule has 2 unspecified atom stereocenters. The van der Waals surface area contributed by atoms with Crippen molar-refractivity contribution in [3.8, 4) is 0 Å². The van der Waals surface area contributed by atoms with Gasteiger partial charge in [-0.05, 0) is 24.8 Å². The minimum Gasteiger partial charge on any atom is -0.396 e. The Hall–Kier alpha value is -0.0800. The Balaban J connectivity index is 2.23. The molecule has 2 nitrogen and oxygen atoms in total. The standard InChI is InChI=1S/C7H15NO/c1-6-2-7(5-9)4-8-3-6/h6-9H,2-5H2,1H3. The monoisotopic (exact) mass is 129 g/mol. The lowest BCUT2D eigenvalue weighted by Crippen LogP contribution is -2.36. The van der Waals surface area contributed by atoms with Crippen molar-refractivity contribution in [2.24, 2.45) is 11.8 Å². The topological polar surface area (TPSA) is 32.3 Å². The number of aliphatic hydroxyl groups excluding tert-OH is 1.